The second kappa shape index (κ2) is 18.7. The second-order valence-electron chi connectivity index (χ2n) is 13.4. The molecule has 0 radical (unpaired) electrons. The normalized spacial score (nSPS) is 22.8. The summed E-state index contributed by atoms with van der Waals surface area (Å²) in [5, 5.41) is 7.13. The molecule has 5 heteroatoms. The Morgan fingerprint density at radius 1 is 0.625 bits per heavy atom. The van der Waals surface area contributed by atoms with Crippen LogP contribution in [-0.4, -0.2) is 21.9 Å². The minimum Gasteiger partial charge on any atom is -0.352 e. The number of nitrogens with one attached hydrogen (secondary N) is 2. The van der Waals surface area contributed by atoms with Crippen LogP contribution in [0.3, 0.4) is 0 Å². The van der Waals surface area contributed by atoms with Gasteiger partial charge in [0.15, 0.2) is 0 Å². The van der Waals surface area contributed by atoms with Crippen LogP contribution in [0.5, 0.6) is 0 Å². The number of nitrogens with zero attached hydrogens (tertiary/aromatic N) is 2. The highest BCUT2D eigenvalue weighted by Gasteiger charge is 2.23. The molecule has 0 saturated heterocycles. The molecule has 3 aliphatic rings. The molecule has 1 heterocycles. The fourth-order valence-corrected chi connectivity index (χ4v) is 7.42. The Morgan fingerprint density at radius 3 is 1.60 bits per heavy atom. The van der Waals surface area contributed by atoms with E-state index in [2.05, 4.69) is 10.6 Å². The topological polar surface area (TPSA) is 66.9 Å². The van der Waals surface area contributed by atoms with E-state index in [1.54, 1.807) is 0 Å². The van der Waals surface area contributed by atoms with Gasteiger partial charge in [0.05, 0.1) is 5.69 Å². The lowest BCUT2D eigenvalue weighted by Crippen LogP contribution is -2.31. The molecule has 226 valence electrons. The Labute approximate surface area is 245 Å². The van der Waals surface area contributed by atoms with Gasteiger partial charge in [0.2, 0.25) is 11.9 Å². The number of amides is 1. The number of carbonyl (C=O) groups is 1. The Morgan fingerprint density at radius 2 is 1.07 bits per heavy atom. The van der Waals surface area contributed by atoms with Crippen molar-refractivity contribution in [2.24, 2.45) is 5.92 Å². The van der Waals surface area contributed by atoms with Crippen LogP contribution in [0, 0.1) is 5.92 Å². The van der Waals surface area contributed by atoms with Crippen LogP contribution in [0.15, 0.2) is 6.20 Å². The maximum absolute atomic E-state index is 13.4. The van der Waals surface area contributed by atoms with Crippen LogP contribution in [-0.2, 0) is 11.3 Å². The van der Waals surface area contributed by atoms with Gasteiger partial charge in [-0.15, -0.1) is 0 Å². The molecule has 3 aliphatic carbocycles. The van der Waals surface area contributed by atoms with Crippen LogP contribution in [0.1, 0.15) is 184 Å². The highest BCUT2D eigenvalue weighted by atomic mass is 16.1. The molecule has 0 unspecified atom stereocenters. The van der Waals surface area contributed by atoms with Crippen molar-refractivity contribution >= 4 is 11.9 Å². The molecule has 40 heavy (non-hydrogen) atoms. The van der Waals surface area contributed by atoms with Crippen molar-refractivity contribution in [3.63, 3.8) is 0 Å². The number of hydrogen-bond acceptors (Lipinski definition) is 4. The third-order valence-corrected chi connectivity index (χ3v) is 10.0. The first kappa shape index (κ1) is 31.3. The number of hydrogen-bond donors (Lipinski definition) is 2. The van der Waals surface area contributed by atoms with Crippen LogP contribution < -0.4 is 10.6 Å². The maximum atomic E-state index is 13.4. The third-order valence-electron chi connectivity index (χ3n) is 10.0. The lowest BCUT2D eigenvalue weighted by atomic mass is 9.87. The Balaban J connectivity index is 1.43. The highest BCUT2D eigenvalue weighted by molar-refractivity contribution is 5.78. The van der Waals surface area contributed by atoms with Crippen molar-refractivity contribution in [2.45, 2.75) is 185 Å². The van der Waals surface area contributed by atoms with Gasteiger partial charge in [0, 0.05) is 36.2 Å². The predicted molar refractivity (Wildman–Crippen MR) is 168 cm³/mol. The van der Waals surface area contributed by atoms with E-state index in [1.165, 1.54) is 160 Å². The number of carbonyl (C=O) groups excluding carboxylic acids is 1. The Kier molecular flexibility index (Phi) is 14.6. The average molecular weight is 553 g/mol. The van der Waals surface area contributed by atoms with Crippen molar-refractivity contribution in [2.75, 3.05) is 5.32 Å². The summed E-state index contributed by atoms with van der Waals surface area (Å²) in [5.74, 6) is 1.72. The van der Waals surface area contributed by atoms with Gasteiger partial charge in [-0.25, -0.2) is 9.97 Å². The van der Waals surface area contributed by atoms with Gasteiger partial charge in [-0.05, 0) is 38.5 Å². The molecule has 0 aliphatic heterocycles. The summed E-state index contributed by atoms with van der Waals surface area (Å²) in [5.41, 5.74) is 2.36. The molecular formula is C35H60N4O. The van der Waals surface area contributed by atoms with Crippen molar-refractivity contribution in [3.05, 3.63) is 17.5 Å². The predicted octanol–water partition coefficient (Wildman–Crippen LogP) is 9.76. The van der Waals surface area contributed by atoms with E-state index >= 15 is 0 Å². The standard InChI is InChI=1S/C35H60N4O/c40-34(30-23-17-9-4-1-2-5-10-18-24-30)36-27-31-28-37-35(38-32-25-19-13-6-3-7-14-20-26-32)39-33(31)29-21-15-11-8-12-16-22-29/h28-30,32H,1-27H2,(H,36,40)(H,37,38,39). The Bertz CT molecular complexity index is 813. The molecule has 1 amide bonds. The molecular weight excluding hydrogens is 492 g/mol. The Hall–Kier alpha value is -1.65. The first-order valence-electron chi connectivity index (χ1n) is 17.7. The molecule has 2 N–H and O–H groups in total. The molecule has 0 bridgehead atoms. The smallest absolute Gasteiger partial charge is 0.223 e. The zero-order valence-corrected chi connectivity index (χ0v) is 25.7. The highest BCUT2D eigenvalue weighted by Crippen LogP contribution is 2.32. The molecule has 5 nitrogen and oxygen atoms in total. The summed E-state index contributed by atoms with van der Waals surface area (Å²) in [4.78, 5) is 23.5. The molecule has 1 aromatic rings. The van der Waals surface area contributed by atoms with Gasteiger partial charge in [0.25, 0.3) is 0 Å². The summed E-state index contributed by atoms with van der Waals surface area (Å²) in [6.45, 7) is 0.574. The first-order valence-corrected chi connectivity index (χ1v) is 17.7. The van der Waals surface area contributed by atoms with E-state index in [0.29, 0.717) is 18.5 Å². The van der Waals surface area contributed by atoms with Crippen molar-refractivity contribution in [1.29, 1.82) is 0 Å². The van der Waals surface area contributed by atoms with Gasteiger partial charge >= 0.3 is 0 Å². The molecule has 3 saturated carbocycles. The monoisotopic (exact) mass is 552 g/mol. The van der Waals surface area contributed by atoms with E-state index in [0.717, 1.165) is 24.4 Å². The molecule has 3 fully saturated rings. The fraction of sp³-hybridized carbons (Fsp3) is 0.857. The number of aromatic nitrogens is 2. The summed E-state index contributed by atoms with van der Waals surface area (Å²) < 4.78 is 0. The molecule has 0 spiro atoms. The SMILES string of the molecule is O=C(NCc1cnc(NC2CCCCCCCCC2)nc1C1CCCCCCC1)C1CCCCCCCCCC1. The quantitative estimate of drug-likeness (QED) is 0.368. The van der Waals surface area contributed by atoms with E-state index in [1.807, 2.05) is 6.20 Å². The van der Waals surface area contributed by atoms with Gasteiger partial charge in [0.1, 0.15) is 0 Å². The minimum atomic E-state index is 0.164. The van der Waals surface area contributed by atoms with Gasteiger partial charge in [-0.3, -0.25) is 4.79 Å². The average Bonchev–Trinajstić information content (AvgIpc) is 3.01. The van der Waals surface area contributed by atoms with Crippen LogP contribution in [0.2, 0.25) is 0 Å². The molecule has 0 atom stereocenters. The van der Waals surface area contributed by atoms with E-state index in [-0.39, 0.29) is 11.8 Å². The van der Waals surface area contributed by atoms with E-state index in [4.69, 9.17) is 9.97 Å². The van der Waals surface area contributed by atoms with Crippen LogP contribution in [0.4, 0.5) is 5.95 Å². The maximum Gasteiger partial charge on any atom is 0.223 e. The number of rotatable bonds is 6. The van der Waals surface area contributed by atoms with Gasteiger partial charge in [-0.2, -0.15) is 0 Å². The van der Waals surface area contributed by atoms with Gasteiger partial charge in [-0.1, -0.05) is 128 Å². The van der Waals surface area contributed by atoms with Crippen molar-refractivity contribution < 1.29 is 4.79 Å². The summed E-state index contributed by atoms with van der Waals surface area (Å²) in [6.07, 6.45) is 35.4. The molecule has 0 aromatic carbocycles. The fourth-order valence-electron chi connectivity index (χ4n) is 7.42. The minimum absolute atomic E-state index is 0.164. The second-order valence-corrected chi connectivity index (χ2v) is 13.4. The van der Waals surface area contributed by atoms with Crippen molar-refractivity contribution in [1.82, 2.24) is 15.3 Å². The largest absolute Gasteiger partial charge is 0.352 e. The third kappa shape index (κ3) is 11.3. The zero-order chi connectivity index (χ0) is 27.7. The van der Waals surface area contributed by atoms with Gasteiger partial charge < -0.3 is 10.6 Å². The summed E-state index contributed by atoms with van der Waals surface area (Å²) in [7, 11) is 0. The lowest BCUT2D eigenvalue weighted by molar-refractivity contribution is -0.125. The zero-order valence-electron chi connectivity index (χ0n) is 25.7. The van der Waals surface area contributed by atoms with Crippen molar-refractivity contribution in [3.8, 4) is 0 Å². The molecule has 1 aromatic heterocycles. The van der Waals surface area contributed by atoms with E-state index < -0.39 is 0 Å². The van der Waals surface area contributed by atoms with Crippen LogP contribution in [0.25, 0.3) is 0 Å². The van der Waals surface area contributed by atoms with Crippen LogP contribution >= 0.6 is 0 Å². The molecule has 4 rings (SSSR count). The summed E-state index contributed by atoms with van der Waals surface area (Å²) in [6, 6.07) is 0.477. The lowest BCUT2D eigenvalue weighted by Gasteiger charge is -2.24. The summed E-state index contributed by atoms with van der Waals surface area (Å²) >= 11 is 0. The van der Waals surface area contributed by atoms with E-state index in [9.17, 15) is 4.79 Å². The first-order chi connectivity index (χ1) is 19.8. The number of anilines is 1.